The zero-order valence-corrected chi connectivity index (χ0v) is 12.1. The van der Waals surface area contributed by atoms with E-state index >= 15 is 0 Å². The van der Waals surface area contributed by atoms with Crippen LogP contribution in [0.25, 0.3) is 0 Å². The van der Waals surface area contributed by atoms with E-state index in [1.165, 1.54) is 0 Å². The van der Waals surface area contributed by atoms with Crippen molar-refractivity contribution in [1.82, 2.24) is 10.6 Å². The minimum Gasteiger partial charge on any atom is -0.397 e. The summed E-state index contributed by atoms with van der Waals surface area (Å²) in [6, 6.07) is 4.53. The molecule has 110 valence electrons. The molecule has 0 saturated carbocycles. The molecule has 0 fully saturated rings. The summed E-state index contributed by atoms with van der Waals surface area (Å²) in [5.74, 6) is -0.281. The molecule has 1 aromatic carbocycles. The lowest BCUT2D eigenvalue weighted by atomic mass is 10.1. The smallest absolute Gasteiger partial charge is 0.251 e. The molecule has 6 nitrogen and oxygen atoms in total. The number of benzene rings is 1. The van der Waals surface area contributed by atoms with Crippen molar-refractivity contribution >= 4 is 23.2 Å². The summed E-state index contributed by atoms with van der Waals surface area (Å²) >= 11 is 0. The molecule has 0 aliphatic carbocycles. The molecule has 1 rings (SSSR count). The quantitative estimate of drug-likeness (QED) is 0.583. The average Bonchev–Trinajstić information content (AvgIpc) is 2.41. The fourth-order valence-electron chi connectivity index (χ4n) is 1.71. The summed E-state index contributed by atoms with van der Waals surface area (Å²) in [6.07, 6.45) is 0. The van der Waals surface area contributed by atoms with Crippen molar-refractivity contribution < 1.29 is 9.59 Å². The van der Waals surface area contributed by atoms with Gasteiger partial charge in [0.15, 0.2) is 0 Å². The lowest BCUT2D eigenvalue weighted by Crippen LogP contribution is -2.37. The van der Waals surface area contributed by atoms with Crippen molar-refractivity contribution in [1.29, 1.82) is 0 Å². The first-order chi connectivity index (χ1) is 9.49. The minimum absolute atomic E-state index is 0.115. The molecule has 0 aliphatic rings. The van der Waals surface area contributed by atoms with Gasteiger partial charge in [0.2, 0.25) is 5.91 Å². The van der Waals surface area contributed by atoms with Crippen molar-refractivity contribution in [3.8, 4) is 0 Å². The van der Waals surface area contributed by atoms with Crippen LogP contribution in [0.5, 0.6) is 0 Å². The van der Waals surface area contributed by atoms with E-state index in [0.29, 0.717) is 30.0 Å². The van der Waals surface area contributed by atoms with E-state index in [2.05, 4.69) is 16.0 Å². The normalized spacial score (nSPS) is 11.6. The monoisotopic (exact) mass is 278 g/mol. The Kier molecular flexibility index (Phi) is 5.83. The highest BCUT2D eigenvalue weighted by Crippen LogP contribution is 2.21. The van der Waals surface area contributed by atoms with Crippen LogP contribution >= 0.6 is 0 Å². The van der Waals surface area contributed by atoms with Crippen LogP contribution in [0.15, 0.2) is 18.2 Å². The number of carbonyl (C=O) groups excluding carboxylic acids is 2. The van der Waals surface area contributed by atoms with Gasteiger partial charge in [-0.25, -0.2) is 0 Å². The number of hydrogen-bond acceptors (Lipinski definition) is 4. The van der Waals surface area contributed by atoms with Gasteiger partial charge >= 0.3 is 0 Å². The van der Waals surface area contributed by atoms with Crippen molar-refractivity contribution in [3.63, 3.8) is 0 Å². The van der Waals surface area contributed by atoms with Gasteiger partial charge < -0.3 is 21.7 Å². The number of amides is 2. The standard InChI is InChI=1S/C14H22N4O2/c1-4-16-13(19)9(3)18-12-8-10(6-7-11(12)15)14(20)17-5-2/h6-9,18H,4-5,15H2,1-3H3,(H,16,19)(H,17,20). The van der Waals surface area contributed by atoms with Gasteiger partial charge in [0.1, 0.15) is 6.04 Å². The zero-order chi connectivity index (χ0) is 15.1. The average molecular weight is 278 g/mol. The Bertz CT molecular complexity index is 488. The largest absolute Gasteiger partial charge is 0.397 e. The van der Waals surface area contributed by atoms with Crippen LogP contribution in [0, 0.1) is 0 Å². The Morgan fingerprint density at radius 1 is 1.20 bits per heavy atom. The predicted octanol–water partition coefficient (Wildman–Crippen LogP) is 0.955. The molecule has 6 heteroatoms. The van der Waals surface area contributed by atoms with Crippen LogP contribution < -0.4 is 21.7 Å². The van der Waals surface area contributed by atoms with Gasteiger partial charge in [0, 0.05) is 18.7 Å². The number of nitrogens with two attached hydrogens (primary N) is 1. The molecule has 2 amide bonds. The fourth-order valence-corrected chi connectivity index (χ4v) is 1.71. The highest BCUT2D eigenvalue weighted by Gasteiger charge is 2.14. The number of anilines is 2. The molecule has 0 aromatic heterocycles. The van der Waals surface area contributed by atoms with Gasteiger partial charge in [-0.1, -0.05) is 0 Å². The highest BCUT2D eigenvalue weighted by molar-refractivity contribution is 5.96. The topological polar surface area (TPSA) is 96.2 Å². The molecule has 20 heavy (non-hydrogen) atoms. The summed E-state index contributed by atoms with van der Waals surface area (Å²) in [4.78, 5) is 23.5. The van der Waals surface area contributed by atoms with Crippen LogP contribution in [0.3, 0.4) is 0 Å². The molecule has 0 heterocycles. The van der Waals surface area contributed by atoms with E-state index in [1.54, 1.807) is 25.1 Å². The molecular weight excluding hydrogens is 256 g/mol. The second-order valence-corrected chi connectivity index (χ2v) is 4.42. The second-order valence-electron chi connectivity index (χ2n) is 4.42. The van der Waals surface area contributed by atoms with Gasteiger partial charge in [-0.05, 0) is 39.0 Å². The summed E-state index contributed by atoms with van der Waals surface area (Å²) in [6.45, 7) is 6.57. The third kappa shape index (κ3) is 4.15. The molecular formula is C14H22N4O2. The maximum atomic E-state index is 11.8. The molecule has 1 atom stereocenters. The Labute approximate surface area is 119 Å². The molecule has 1 aromatic rings. The number of nitrogen functional groups attached to an aromatic ring is 1. The predicted molar refractivity (Wildman–Crippen MR) is 80.6 cm³/mol. The van der Waals surface area contributed by atoms with Crippen LogP contribution in [0.4, 0.5) is 11.4 Å². The fraction of sp³-hybridized carbons (Fsp3) is 0.429. The Morgan fingerprint density at radius 2 is 1.85 bits per heavy atom. The second kappa shape index (κ2) is 7.37. The van der Waals surface area contributed by atoms with Gasteiger partial charge in [-0.2, -0.15) is 0 Å². The van der Waals surface area contributed by atoms with E-state index < -0.39 is 6.04 Å². The molecule has 0 radical (unpaired) electrons. The van der Waals surface area contributed by atoms with Crippen LogP contribution in [0.1, 0.15) is 31.1 Å². The van der Waals surface area contributed by atoms with Gasteiger partial charge in [0.05, 0.1) is 11.4 Å². The molecule has 0 spiro atoms. The summed E-state index contributed by atoms with van der Waals surface area (Å²) in [5.41, 5.74) is 7.44. The van der Waals surface area contributed by atoms with E-state index in [0.717, 1.165) is 0 Å². The Morgan fingerprint density at radius 3 is 2.45 bits per heavy atom. The number of likely N-dealkylation sites (N-methyl/N-ethyl adjacent to an activating group) is 1. The van der Waals surface area contributed by atoms with E-state index in [-0.39, 0.29) is 11.8 Å². The maximum absolute atomic E-state index is 11.8. The SMILES string of the molecule is CCNC(=O)c1ccc(N)c(NC(C)C(=O)NCC)c1. The summed E-state index contributed by atoms with van der Waals surface area (Å²) in [7, 11) is 0. The number of hydrogen-bond donors (Lipinski definition) is 4. The summed E-state index contributed by atoms with van der Waals surface area (Å²) in [5, 5.41) is 8.45. The molecule has 1 unspecified atom stereocenters. The zero-order valence-electron chi connectivity index (χ0n) is 12.1. The number of rotatable bonds is 6. The van der Waals surface area contributed by atoms with E-state index in [1.807, 2.05) is 13.8 Å². The van der Waals surface area contributed by atoms with Crippen LogP contribution in [-0.2, 0) is 4.79 Å². The van der Waals surface area contributed by atoms with Gasteiger partial charge in [-0.3, -0.25) is 9.59 Å². The first kappa shape index (κ1) is 15.8. The lowest BCUT2D eigenvalue weighted by Gasteiger charge is -2.17. The first-order valence-electron chi connectivity index (χ1n) is 6.71. The summed E-state index contributed by atoms with van der Waals surface area (Å²) < 4.78 is 0. The van der Waals surface area contributed by atoms with E-state index in [4.69, 9.17) is 5.73 Å². The molecule has 0 bridgehead atoms. The van der Waals surface area contributed by atoms with Gasteiger partial charge in [-0.15, -0.1) is 0 Å². The molecule has 0 aliphatic heterocycles. The van der Waals surface area contributed by atoms with Crippen molar-refractivity contribution in [2.45, 2.75) is 26.8 Å². The Balaban J connectivity index is 2.86. The van der Waals surface area contributed by atoms with Crippen molar-refractivity contribution in [2.24, 2.45) is 0 Å². The highest BCUT2D eigenvalue weighted by atomic mass is 16.2. The minimum atomic E-state index is -0.429. The Hall–Kier alpha value is -2.24. The van der Waals surface area contributed by atoms with Crippen LogP contribution in [-0.4, -0.2) is 30.9 Å². The first-order valence-corrected chi connectivity index (χ1v) is 6.71. The van der Waals surface area contributed by atoms with Crippen molar-refractivity contribution in [2.75, 3.05) is 24.1 Å². The van der Waals surface area contributed by atoms with Crippen molar-refractivity contribution in [3.05, 3.63) is 23.8 Å². The van der Waals surface area contributed by atoms with Crippen LogP contribution in [0.2, 0.25) is 0 Å². The third-order valence-electron chi connectivity index (χ3n) is 2.77. The molecule has 0 saturated heterocycles. The maximum Gasteiger partial charge on any atom is 0.251 e. The molecule has 5 N–H and O–H groups in total. The van der Waals surface area contributed by atoms with Gasteiger partial charge in [0.25, 0.3) is 5.91 Å². The lowest BCUT2D eigenvalue weighted by molar-refractivity contribution is -0.121. The third-order valence-corrected chi connectivity index (χ3v) is 2.77. The van der Waals surface area contributed by atoms with E-state index in [9.17, 15) is 9.59 Å². The number of nitrogens with one attached hydrogen (secondary N) is 3. The number of carbonyl (C=O) groups is 2.